The second kappa shape index (κ2) is 6.51. The summed E-state index contributed by atoms with van der Waals surface area (Å²) in [5.41, 5.74) is 2.79. The maximum Gasteiger partial charge on any atom is 0.123 e. The summed E-state index contributed by atoms with van der Waals surface area (Å²) in [6, 6.07) is 10.2. The number of thiazole rings is 1. The fraction of sp³-hybridized carbons (Fsp3) is 0.133. The normalized spacial score (nSPS) is 10.7. The van der Waals surface area contributed by atoms with Crippen LogP contribution in [0.4, 0.5) is 4.39 Å². The molecule has 2 aromatic heterocycles. The van der Waals surface area contributed by atoms with Crippen molar-refractivity contribution in [1.29, 1.82) is 0 Å². The van der Waals surface area contributed by atoms with Gasteiger partial charge in [-0.2, -0.15) is 10.2 Å². The van der Waals surface area contributed by atoms with E-state index in [1.54, 1.807) is 29.7 Å². The molecule has 0 saturated heterocycles. The zero-order valence-corrected chi connectivity index (χ0v) is 12.0. The van der Waals surface area contributed by atoms with Crippen molar-refractivity contribution in [2.24, 2.45) is 0 Å². The van der Waals surface area contributed by atoms with Gasteiger partial charge in [0.25, 0.3) is 0 Å². The number of aromatic nitrogens is 3. The summed E-state index contributed by atoms with van der Waals surface area (Å²) in [4.78, 5) is 4.54. The third kappa shape index (κ3) is 3.68. The van der Waals surface area contributed by atoms with Gasteiger partial charge in [0, 0.05) is 30.2 Å². The summed E-state index contributed by atoms with van der Waals surface area (Å²) in [6.07, 6.45) is 1.65. The summed E-state index contributed by atoms with van der Waals surface area (Å²) < 4.78 is 12.9. The molecule has 0 radical (unpaired) electrons. The van der Waals surface area contributed by atoms with E-state index in [9.17, 15) is 4.39 Å². The molecule has 2 heterocycles. The molecule has 0 aliphatic carbocycles. The Morgan fingerprint density at radius 3 is 2.62 bits per heavy atom. The van der Waals surface area contributed by atoms with Gasteiger partial charge in [-0.05, 0) is 36.4 Å². The van der Waals surface area contributed by atoms with Gasteiger partial charge >= 0.3 is 0 Å². The molecule has 0 bridgehead atoms. The zero-order chi connectivity index (χ0) is 14.5. The van der Waals surface area contributed by atoms with Gasteiger partial charge < -0.3 is 5.32 Å². The highest BCUT2D eigenvalue weighted by Crippen LogP contribution is 2.23. The molecule has 21 heavy (non-hydrogen) atoms. The van der Waals surface area contributed by atoms with E-state index >= 15 is 0 Å². The minimum atomic E-state index is -0.235. The van der Waals surface area contributed by atoms with Gasteiger partial charge in [-0.15, -0.1) is 11.3 Å². The van der Waals surface area contributed by atoms with E-state index in [1.165, 1.54) is 12.1 Å². The molecule has 0 aliphatic rings. The zero-order valence-electron chi connectivity index (χ0n) is 11.2. The van der Waals surface area contributed by atoms with Crippen LogP contribution >= 0.6 is 11.3 Å². The van der Waals surface area contributed by atoms with E-state index in [0.717, 1.165) is 22.0 Å². The van der Waals surface area contributed by atoms with Crippen molar-refractivity contribution in [3.05, 3.63) is 65.2 Å². The number of halogens is 1. The lowest BCUT2D eigenvalue weighted by Crippen LogP contribution is -2.14. The van der Waals surface area contributed by atoms with Crippen molar-refractivity contribution in [3.8, 4) is 10.6 Å². The summed E-state index contributed by atoms with van der Waals surface area (Å²) in [6.45, 7) is 1.31. The first-order valence-corrected chi connectivity index (χ1v) is 7.37. The monoisotopic (exact) mass is 300 g/mol. The molecule has 0 atom stereocenters. The SMILES string of the molecule is Fc1ccc(-c2nc(CNCc3cccnn3)cs2)cc1. The van der Waals surface area contributed by atoms with Crippen LogP contribution in [0, 0.1) is 5.82 Å². The molecule has 0 aliphatic heterocycles. The minimum Gasteiger partial charge on any atom is -0.305 e. The van der Waals surface area contributed by atoms with Crippen LogP contribution in [0.2, 0.25) is 0 Å². The van der Waals surface area contributed by atoms with Gasteiger partial charge in [0.2, 0.25) is 0 Å². The van der Waals surface area contributed by atoms with Crippen LogP contribution in [-0.2, 0) is 13.1 Å². The van der Waals surface area contributed by atoms with E-state index in [1.807, 2.05) is 17.5 Å². The Hall–Kier alpha value is -2.18. The van der Waals surface area contributed by atoms with Crippen LogP contribution < -0.4 is 5.32 Å². The fourth-order valence-corrected chi connectivity index (χ4v) is 2.69. The van der Waals surface area contributed by atoms with Crippen LogP contribution in [0.1, 0.15) is 11.4 Å². The lowest BCUT2D eigenvalue weighted by molar-refractivity contribution is 0.628. The predicted octanol–water partition coefficient (Wildman–Crippen LogP) is 3.03. The Morgan fingerprint density at radius 2 is 1.86 bits per heavy atom. The minimum absolute atomic E-state index is 0.235. The smallest absolute Gasteiger partial charge is 0.123 e. The molecule has 4 nitrogen and oxygen atoms in total. The number of nitrogens with one attached hydrogen (secondary N) is 1. The first-order valence-electron chi connectivity index (χ1n) is 6.49. The Morgan fingerprint density at radius 1 is 1.05 bits per heavy atom. The second-order valence-electron chi connectivity index (χ2n) is 4.47. The lowest BCUT2D eigenvalue weighted by atomic mass is 10.2. The van der Waals surface area contributed by atoms with Crippen molar-refractivity contribution in [2.45, 2.75) is 13.1 Å². The lowest BCUT2D eigenvalue weighted by Gasteiger charge is -2.01. The molecule has 0 saturated carbocycles. The van der Waals surface area contributed by atoms with Crippen molar-refractivity contribution in [2.75, 3.05) is 0 Å². The average Bonchev–Trinajstić information content (AvgIpc) is 2.98. The molecule has 0 fully saturated rings. The molecule has 0 spiro atoms. The molecule has 0 amide bonds. The van der Waals surface area contributed by atoms with Crippen LogP contribution in [-0.4, -0.2) is 15.2 Å². The van der Waals surface area contributed by atoms with E-state index in [0.29, 0.717) is 13.1 Å². The number of hydrogen-bond acceptors (Lipinski definition) is 5. The number of nitrogens with zero attached hydrogens (tertiary/aromatic N) is 3. The van der Waals surface area contributed by atoms with E-state index in [-0.39, 0.29) is 5.82 Å². The van der Waals surface area contributed by atoms with E-state index in [4.69, 9.17) is 0 Å². The Balaban J connectivity index is 1.59. The highest BCUT2D eigenvalue weighted by atomic mass is 32.1. The first-order chi connectivity index (χ1) is 10.3. The molecule has 1 N–H and O–H groups in total. The third-order valence-corrected chi connectivity index (χ3v) is 3.82. The predicted molar refractivity (Wildman–Crippen MR) is 80.1 cm³/mol. The molecule has 1 aromatic carbocycles. The highest BCUT2D eigenvalue weighted by Gasteiger charge is 2.05. The molecule has 3 rings (SSSR count). The average molecular weight is 300 g/mol. The molecular formula is C15H13FN4S. The van der Waals surface area contributed by atoms with Gasteiger partial charge in [0.05, 0.1) is 11.4 Å². The summed E-state index contributed by atoms with van der Waals surface area (Å²) in [5.74, 6) is -0.235. The van der Waals surface area contributed by atoms with Crippen molar-refractivity contribution >= 4 is 11.3 Å². The highest BCUT2D eigenvalue weighted by molar-refractivity contribution is 7.13. The largest absolute Gasteiger partial charge is 0.305 e. The van der Waals surface area contributed by atoms with Gasteiger partial charge in [-0.25, -0.2) is 9.37 Å². The van der Waals surface area contributed by atoms with Crippen molar-refractivity contribution in [1.82, 2.24) is 20.5 Å². The molecular weight excluding hydrogens is 287 g/mol. The Labute approximate surface area is 125 Å². The summed E-state index contributed by atoms with van der Waals surface area (Å²) in [7, 11) is 0. The number of benzene rings is 1. The van der Waals surface area contributed by atoms with Crippen LogP contribution in [0.25, 0.3) is 10.6 Å². The number of rotatable bonds is 5. The quantitative estimate of drug-likeness (QED) is 0.787. The fourth-order valence-electron chi connectivity index (χ4n) is 1.86. The molecule has 6 heteroatoms. The topological polar surface area (TPSA) is 50.7 Å². The van der Waals surface area contributed by atoms with E-state index in [2.05, 4.69) is 20.5 Å². The van der Waals surface area contributed by atoms with Crippen LogP contribution in [0.3, 0.4) is 0 Å². The third-order valence-electron chi connectivity index (χ3n) is 2.88. The van der Waals surface area contributed by atoms with Crippen molar-refractivity contribution < 1.29 is 4.39 Å². The molecule has 3 aromatic rings. The second-order valence-corrected chi connectivity index (χ2v) is 5.33. The van der Waals surface area contributed by atoms with Crippen LogP contribution in [0.5, 0.6) is 0 Å². The maximum absolute atomic E-state index is 12.9. The maximum atomic E-state index is 12.9. The Bertz CT molecular complexity index is 697. The number of hydrogen-bond donors (Lipinski definition) is 1. The molecule has 106 valence electrons. The van der Waals surface area contributed by atoms with Gasteiger partial charge in [0.1, 0.15) is 10.8 Å². The summed E-state index contributed by atoms with van der Waals surface area (Å²) >= 11 is 1.55. The van der Waals surface area contributed by atoms with Crippen molar-refractivity contribution in [3.63, 3.8) is 0 Å². The van der Waals surface area contributed by atoms with Gasteiger partial charge in [0.15, 0.2) is 0 Å². The first kappa shape index (κ1) is 13.8. The van der Waals surface area contributed by atoms with E-state index < -0.39 is 0 Å². The van der Waals surface area contributed by atoms with Gasteiger partial charge in [-0.3, -0.25) is 0 Å². The van der Waals surface area contributed by atoms with Gasteiger partial charge in [-0.1, -0.05) is 0 Å². The summed E-state index contributed by atoms with van der Waals surface area (Å²) in [5, 5.41) is 14.0. The molecule has 0 unspecified atom stereocenters. The van der Waals surface area contributed by atoms with Crippen LogP contribution in [0.15, 0.2) is 48.0 Å². The Kier molecular flexibility index (Phi) is 4.28. The standard InChI is InChI=1S/C15H13FN4S/c16-12-5-3-11(4-6-12)15-19-14(10-21-15)9-17-8-13-2-1-7-18-20-13/h1-7,10,17H,8-9H2.